The summed E-state index contributed by atoms with van der Waals surface area (Å²) in [5.41, 5.74) is 1.36. The quantitative estimate of drug-likeness (QED) is 0.292. The van der Waals surface area contributed by atoms with E-state index in [1.165, 1.54) is 0 Å². The lowest BCUT2D eigenvalue weighted by Crippen LogP contribution is -2.54. The second kappa shape index (κ2) is 12.4. The van der Waals surface area contributed by atoms with Crippen LogP contribution in [0.15, 0.2) is 53.2 Å². The van der Waals surface area contributed by atoms with Gasteiger partial charge in [0.05, 0.1) is 31.3 Å². The number of carbonyl (C=O) groups excluding carboxylic acids is 1. The summed E-state index contributed by atoms with van der Waals surface area (Å²) in [5.74, 6) is -0.286. The van der Waals surface area contributed by atoms with Crippen LogP contribution in [0, 0.1) is 12.7 Å². The fourth-order valence-electron chi connectivity index (χ4n) is 6.55. The number of benzene rings is 2. The molecule has 11 heteroatoms. The average molecular weight is 592 g/mol. The minimum Gasteiger partial charge on any atom is -0.490 e. The Morgan fingerprint density at radius 2 is 2.07 bits per heavy atom. The number of hydrogen-bond acceptors (Lipinski definition) is 8. The third-order valence-corrected chi connectivity index (χ3v) is 8.62. The number of halogens is 1. The van der Waals surface area contributed by atoms with E-state index in [1.807, 2.05) is 39.8 Å². The van der Waals surface area contributed by atoms with E-state index in [2.05, 4.69) is 15.3 Å². The van der Waals surface area contributed by atoms with Gasteiger partial charge in [0.15, 0.2) is 22.9 Å². The first-order chi connectivity index (χ1) is 20.9. The SMILES string of the molecule is COC[C@]1(O)CCCC[C@H]1n1cnc(C(=O)N2CCNC[C@H]2CCOc2ccc3nc(C)oc3c2F)c1-c1ccccc1. The topological polar surface area (TPSA) is 115 Å². The van der Waals surface area contributed by atoms with Crippen LogP contribution >= 0.6 is 0 Å². The molecule has 3 atom stereocenters. The average Bonchev–Trinajstić information content (AvgIpc) is 3.63. The van der Waals surface area contributed by atoms with Crippen molar-refractivity contribution in [2.75, 3.05) is 40.0 Å². The zero-order valence-corrected chi connectivity index (χ0v) is 24.6. The summed E-state index contributed by atoms with van der Waals surface area (Å²) in [6, 6.07) is 12.5. The molecule has 1 aliphatic carbocycles. The van der Waals surface area contributed by atoms with Crippen molar-refractivity contribution in [2.45, 2.75) is 56.7 Å². The standard InChI is InChI=1S/C32H38FN5O5/c1-21-36-24-11-12-25(27(33)30(24)43-21)42-17-13-23-18-34-15-16-37(23)31(39)28-29(22-8-4-3-5-9-22)38(20-35-28)26-10-6-7-14-32(26,40)19-41-2/h3-5,8-9,11-12,20,23,26,34,40H,6-7,10,13-19H2,1-2H3/t23-,26-,32-/m1/s1. The maximum absolute atomic E-state index is 15.0. The summed E-state index contributed by atoms with van der Waals surface area (Å²) < 4.78 is 33.6. The molecule has 0 radical (unpaired) electrons. The summed E-state index contributed by atoms with van der Waals surface area (Å²) in [7, 11) is 1.60. The lowest BCUT2D eigenvalue weighted by Gasteiger charge is -2.41. The Kier molecular flexibility index (Phi) is 8.47. The Morgan fingerprint density at radius 1 is 1.23 bits per heavy atom. The van der Waals surface area contributed by atoms with Crippen molar-refractivity contribution in [1.82, 2.24) is 24.8 Å². The molecule has 228 valence electrons. The molecule has 6 rings (SSSR count). The third-order valence-electron chi connectivity index (χ3n) is 8.62. The summed E-state index contributed by atoms with van der Waals surface area (Å²) in [5, 5.41) is 15.0. The van der Waals surface area contributed by atoms with Crippen LogP contribution in [0.5, 0.6) is 5.75 Å². The molecule has 2 aliphatic rings. The van der Waals surface area contributed by atoms with Gasteiger partial charge in [-0.05, 0) is 25.0 Å². The van der Waals surface area contributed by atoms with Gasteiger partial charge in [-0.25, -0.2) is 9.97 Å². The number of fused-ring (bicyclic) bond motifs is 1. The second-order valence-electron chi connectivity index (χ2n) is 11.5. The zero-order valence-electron chi connectivity index (χ0n) is 24.6. The smallest absolute Gasteiger partial charge is 0.275 e. The minimum atomic E-state index is -1.06. The number of rotatable bonds is 9. The van der Waals surface area contributed by atoms with Crippen LogP contribution in [0.4, 0.5) is 4.39 Å². The molecule has 2 aromatic heterocycles. The first kappa shape index (κ1) is 29.3. The van der Waals surface area contributed by atoms with Crippen LogP contribution in [-0.4, -0.2) is 82.0 Å². The van der Waals surface area contributed by atoms with Gasteiger partial charge in [0.2, 0.25) is 5.82 Å². The molecule has 1 aliphatic heterocycles. The second-order valence-corrected chi connectivity index (χ2v) is 11.5. The lowest BCUT2D eigenvalue weighted by atomic mass is 9.80. The van der Waals surface area contributed by atoms with E-state index in [0.717, 1.165) is 24.8 Å². The summed E-state index contributed by atoms with van der Waals surface area (Å²) >= 11 is 0. The molecule has 0 bridgehead atoms. The van der Waals surface area contributed by atoms with Crippen LogP contribution < -0.4 is 10.1 Å². The van der Waals surface area contributed by atoms with Crippen molar-refractivity contribution in [3.8, 4) is 17.0 Å². The predicted octanol–water partition coefficient (Wildman–Crippen LogP) is 4.51. The van der Waals surface area contributed by atoms with Gasteiger partial charge in [-0.1, -0.05) is 43.2 Å². The van der Waals surface area contributed by atoms with Crippen molar-refractivity contribution in [1.29, 1.82) is 0 Å². The highest BCUT2D eigenvalue weighted by Crippen LogP contribution is 2.41. The first-order valence-electron chi connectivity index (χ1n) is 14.9. The molecule has 4 aromatic rings. The minimum absolute atomic E-state index is 0.0746. The zero-order chi connectivity index (χ0) is 30.0. The monoisotopic (exact) mass is 591 g/mol. The van der Waals surface area contributed by atoms with Crippen LogP contribution in [0.2, 0.25) is 0 Å². The van der Waals surface area contributed by atoms with E-state index in [0.29, 0.717) is 55.3 Å². The molecule has 1 saturated heterocycles. The number of imidazole rings is 1. The van der Waals surface area contributed by atoms with Gasteiger partial charge in [0.1, 0.15) is 11.1 Å². The molecule has 0 spiro atoms. The van der Waals surface area contributed by atoms with Gasteiger partial charge < -0.3 is 33.8 Å². The molecular weight excluding hydrogens is 553 g/mol. The van der Waals surface area contributed by atoms with Crippen molar-refractivity contribution in [2.24, 2.45) is 0 Å². The van der Waals surface area contributed by atoms with E-state index < -0.39 is 11.4 Å². The van der Waals surface area contributed by atoms with Crippen LogP contribution in [0.25, 0.3) is 22.4 Å². The van der Waals surface area contributed by atoms with Crippen LogP contribution in [0.1, 0.15) is 54.5 Å². The van der Waals surface area contributed by atoms with E-state index in [9.17, 15) is 14.3 Å². The van der Waals surface area contributed by atoms with Gasteiger partial charge in [-0.15, -0.1) is 0 Å². The number of amides is 1. The van der Waals surface area contributed by atoms with Crippen LogP contribution in [0.3, 0.4) is 0 Å². The predicted molar refractivity (Wildman–Crippen MR) is 159 cm³/mol. The molecule has 43 heavy (non-hydrogen) atoms. The highest BCUT2D eigenvalue weighted by Gasteiger charge is 2.42. The molecule has 0 unspecified atom stereocenters. The highest BCUT2D eigenvalue weighted by atomic mass is 19.1. The van der Waals surface area contributed by atoms with Crippen molar-refractivity contribution in [3.05, 3.63) is 66.2 Å². The highest BCUT2D eigenvalue weighted by molar-refractivity contribution is 5.98. The fourth-order valence-corrected chi connectivity index (χ4v) is 6.55. The number of piperazine rings is 1. The van der Waals surface area contributed by atoms with Crippen molar-refractivity contribution >= 4 is 17.0 Å². The van der Waals surface area contributed by atoms with Gasteiger partial charge in [0.25, 0.3) is 5.91 Å². The van der Waals surface area contributed by atoms with E-state index in [-0.39, 0.29) is 42.5 Å². The van der Waals surface area contributed by atoms with Crippen molar-refractivity contribution < 1.29 is 28.2 Å². The first-order valence-corrected chi connectivity index (χ1v) is 14.9. The van der Waals surface area contributed by atoms with E-state index in [1.54, 1.807) is 32.5 Å². The number of aryl methyl sites for hydroxylation is 1. The number of nitrogens with one attached hydrogen (secondary N) is 1. The number of carbonyl (C=O) groups is 1. The molecule has 1 amide bonds. The van der Waals surface area contributed by atoms with E-state index >= 15 is 0 Å². The lowest BCUT2D eigenvalue weighted by molar-refractivity contribution is -0.0893. The van der Waals surface area contributed by atoms with E-state index in [4.69, 9.17) is 13.9 Å². The third kappa shape index (κ3) is 5.76. The Labute approximate surface area is 249 Å². The van der Waals surface area contributed by atoms with Crippen molar-refractivity contribution in [3.63, 3.8) is 0 Å². The number of oxazole rings is 1. The Morgan fingerprint density at radius 3 is 2.88 bits per heavy atom. The molecule has 2 fully saturated rings. The molecule has 2 aromatic carbocycles. The molecule has 1 saturated carbocycles. The van der Waals surface area contributed by atoms with Gasteiger partial charge in [-0.3, -0.25) is 4.79 Å². The van der Waals surface area contributed by atoms with Gasteiger partial charge >= 0.3 is 0 Å². The van der Waals surface area contributed by atoms with Gasteiger partial charge in [-0.2, -0.15) is 4.39 Å². The summed E-state index contributed by atoms with van der Waals surface area (Å²) in [6.07, 6.45) is 5.44. The van der Waals surface area contributed by atoms with Crippen LogP contribution in [-0.2, 0) is 4.74 Å². The number of ether oxygens (including phenoxy) is 2. The Hall–Kier alpha value is -3.80. The number of hydrogen-bond donors (Lipinski definition) is 2. The maximum Gasteiger partial charge on any atom is 0.275 e. The normalized spacial score (nSPS) is 22.7. The maximum atomic E-state index is 15.0. The molecule has 3 heterocycles. The molecule has 10 nitrogen and oxygen atoms in total. The Balaban J connectivity index is 1.25. The number of aliphatic hydroxyl groups is 1. The van der Waals surface area contributed by atoms with Gasteiger partial charge in [0, 0.05) is 51.7 Å². The molecular formula is C32H38FN5O5. The Bertz CT molecular complexity index is 1570. The summed E-state index contributed by atoms with van der Waals surface area (Å²) in [4.78, 5) is 24.9. The number of nitrogens with zero attached hydrogens (tertiary/aromatic N) is 4. The number of aromatic nitrogens is 3. The largest absolute Gasteiger partial charge is 0.490 e. The molecule has 2 N–H and O–H groups in total. The summed E-state index contributed by atoms with van der Waals surface area (Å²) in [6.45, 7) is 3.81. The number of methoxy groups -OCH3 is 1. The fraction of sp³-hybridized carbons (Fsp3) is 0.469.